The normalized spacial score (nSPS) is 35.3. The van der Waals surface area contributed by atoms with E-state index >= 15 is 0 Å². The minimum atomic E-state index is -3.02. The van der Waals surface area contributed by atoms with Gasteiger partial charge in [-0.05, 0) is 42.7 Å². The van der Waals surface area contributed by atoms with Gasteiger partial charge < -0.3 is 9.47 Å². The maximum atomic E-state index is 13.7. The number of alkyl halides is 2. The van der Waals surface area contributed by atoms with Crippen LogP contribution in [0.15, 0.2) is 24.3 Å². The van der Waals surface area contributed by atoms with E-state index in [0.717, 1.165) is 24.2 Å². The first-order chi connectivity index (χ1) is 10.5. The fourth-order valence-electron chi connectivity index (χ4n) is 3.24. The predicted molar refractivity (Wildman–Crippen MR) is 80.7 cm³/mol. The molecule has 0 N–H and O–H groups in total. The third-order valence-corrected chi connectivity index (χ3v) is 4.92. The lowest BCUT2D eigenvalue weighted by Crippen LogP contribution is -2.36. The molecule has 2 aliphatic heterocycles. The SMILES string of the molecule is CC1CCC(c2ccc(C3CCC(C)C(F)(F)O3)cc2)OC1. The van der Waals surface area contributed by atoms with Crippen LogP contribution < -0.4 is 0 Å². The average molecular weight is 310 g/mol. The van der Waals surface area contributed by atoms with Crippen molar-refractivity contribution < 1.29 is 18.3 Å². The summed E-state index contributed by atoms with van der Waals surface area (Å²) in [5.41, 5.74) is 1.96. The van der Waals surface area contributed by atoms with E-state index < -0.39 is 18.1 Å². The van der Waals surface area contributed by atoms with Crippen LogP contribution in [0, 0.1) is 11.8 Å². The summed E-state index contributed by atoms with van der Waals surface area (Å²) in [4.78, 5) is 0. The summed E-state index contributed by atoms with van der Waals surface area (Å²) in [6.45, 7) is 4.53. The zero-order valence-corrected chi connectivity index (χ0v) is 13.2. The summed E-state index contributed by atoms with van der Waals surface area (Å²) < 4.78 is 38.3. The monoisotopic (exact) mass is 310 g/mol. The van der Waals surface area contributed by atoms with E-state index in [-0.39, 0.29) is 6.10 Å². The highest BCUT2D eigenvalue weighted by Crippen LogP contribution is 2.42. The molecule has 0 aromatic heterocycles. The molecule has 0 radical (unpaired) electrons. The van der Waals surface area contributed by atoms with E-state index in [0.29, 0.717) is 18.8 Å². The van der Waals surface area contributed by atoms with Crippen molar-refractivity contribution in [2.45, 2.75) is 57.8 Å². The Kier molecular flexibility index (Phi) is 4.51. The first-order valence-corrected chi connectivity index (χ1v) is 8.23. The van der Waals surface area contributed by atoms with Crippen molar-refractivity contribution in [3.8, 4) is 0 Å². The van der Waals surface area contributed by atoms with Gasteiger partial charge >= 0.3 is 6.11 Å². The zero-order valence-electron chi connectivity index (χ0n) is 13.2. The molecule has 0 bridgehead atoms. The summed E-state index contributed by atoms with van der Waals surface area (Å²) >= 11 is 0. The van der Waals surface area contributed by atoms with Gasteiger partial charge in [0.15, 0.2) is 0 Å². The third kappa shape index (κ3) is 3.33. The highest BCUT2D eigenvalue weighted by Gasteiger charge is 2.44. The lowest BCUT2D eigenvalue weighted by molar-refractivity contribution is -0.313. The Labute approximate surface area is 130 Å². The molecule has 3 rings (SSSR count). The number of rotatable bonds is 2. The molecule has 22 heavy (non-hydrogen) atoms. The highest BCUT2D eigenvalue weighted by atomic mass is 19.3. The van der Waals surface area contributed by atoms with Crippen molar-refractivity contribution >= 4 is 0 Å². The smallest absolute Gasteiger partial charge is 0.358 e. The summed E-state index contributed by atoms with van der Waals surface area (Å²) in [7, 11) is 0. The van der Waals surface area contributed by atoms with Crippen LogP contribution >= 0.6 is 0 Å². The van der Waals surface area contributed by atoms with Crippen molar-refractivity contribution in [1.82, 2.24) is 0 Å². The molecule has 0 spiro atoms. The van der Waals surface area contributed by atoms with Gasteiger partial charge in [-0.25, -0.2) is 0 Å². The summed E-state index contributed by atoms with van der Waals surface area (Å²) in [5, 5.41) is 0. The van der Waals surface area contributed by atoms with E-state index in [9.17, 15) is 8.78 Å². The first-order valence-electron chi connectivity index (χ1n) is 8.23. The van der Waals surface area contributed by atoms with E-state index in [1.54, 1.807) is 6.92 Å². The quantitative estimate of drug-likeness (QED) is 0.742. The molecule has 2 nitrogen and oxygen atoms in total. The molecular weight excluding hydrogens is 286 g/mol. The van der Waals surface area contributed by atoms with Crippen LogP contribution in [0.1, 0.15) is 62.9 Å². The van der Waals surface area contributed by atoms with Gasteiger partial charge in [-0.15, -0.1) is 0 Å². The van der Waals surface area contributed by atoms with E-state index in [4.69, 9.17) is 9.47 Å². The largest absolute Gasteiger partial charge is 0.373 e. The fraction of sp³-hybridized carbons (Fsp3) is 0.667. The molecule has 2 fully saturated rings. The maximum Gasteiger partial charge on any atom is 0.358 e. The topological polar surface area (TPSA) is 18.5 Å². The molecule has 0 saturated carbocycles. The Morgan fingerprint density at radius 2 is 1.50 bits per heavy atom. The van der Waals surface area contributed by atoms with Crippen molar-refractivity contribution in [2.75, 3.05) is 6.61 Å². The van der Waals surface area contributed by atoms with E-state index in [1.807, 2.05) is 24.3 Å². The highest BCUT2D eigenvalue weighted by molar-refractivity contribution is 5.26. The van der Waals surface area contributed by atoms with Crippen molar-refractivity contribution in [1.29, 1.82) is 0 Å². The average Bonchev–Trinajstić information content (AvgIpc) is 2.51. The van der Waals surface area contributed by atoms with Gasteiger partial charge in [0.25, 0.3) is 0 Å². The van der Waals surface area contributed by atoms with E-state index in [1.165, 1.54) is 6.42 Å². The van der Waals surface area contributed by atoms with Gasteiger partial charge in [0.05, 0.1) is 12.2 Å². The molecular formula is C18H24F2O2. The molecule has 2 aliphatic rings. The van der Waals surface area contributed by atoms with Gasteiger partial charge in [0.2, 0.25) is 0 Å². The molecule has 4 unspecified atom stereocenters. The van der Waals surface area contributed by atoms with Crippen LogP contribution in [0.5, 0.6) is 0 Å². The zero-order chi connectivity index (χ0) is 15.7. The maximum absolute atomic E-state index is 13.7. The second-order valence-corrected chi connectivity index (χ2v) is 6.82. The van der Waals surface area contributed by atoms with Gasteiger partial charge in [-0.1, -0.05) is 38.1 Å². The second kappa shape index (κ2) is 6.25. The Bertz CT molecular complexity index is 492. The fourth-order valence-corrected chi connectivity index (χ4v) is 3.24. The summed E-state index contributed by atoms with van der Waals surface area (Å²) in [5.74, 6) is -0.0870. The standard InChI is InChI=1S/C18H24F2O2/c1-12-3-9-16(21-11-12)14-5-7-15(8-6-14)17-10-4-13(2)18(19,20)22-17/h5-8,12-13,16-17H,3-4,9-11H2,1-2H3. The molecule has 122 valence electrons. The van der Waals surface area contributed by atoms with Gasteiger partial charge in [0, 0.05) is 12.5 Å². The minimum absolute atomic E-state index is 0.138. The number of benzene rings is 1. The van der Waals surface area contributed by atoms with Crippen LogP contribution in [0.4, 0.5) is 8.78 Å². The molecule has 2 heterocycles. The second-order valence-electron chi connectivity index (χ2n) is 6.82. The first kappa shape index (κ1) is 15.9. The lowest BCUT2D eigenvalue weighted by atomic mass is 9.92. The van der Waals surface area contributed by atoms with Crippen LogP contribution in [0.3, 0.4) is 0 Å². The Morgan fingerprint density at radius 1 is 0.909 bits per heavy atom. The van der Waals surface area contributed by atoms with Crippen LogP contribution in [-0.4, -0.2) is 12.7 Å². The van der Waals surface area contributed by atoms with Crippen LogP contribution in [0.25, 0.3) is 0 Å². The molecule has 1 aromatic rings. The molecule has 0 aliphatic carbocycles. The Balaban J connectivity index is 1.67. The minimum Gasteiger partial charge on any atom is -0.373 e. The molecule has 0 amide bonds. The molecule has 1 aromatic carbocycles. The van der Waals surface area contributed by atoms with Crippen molar-refractivity contribution in [3.05, 3.63) is 35.4 Å². The number of halogens is 2. The molecule has 4 atom stereocenters. The van der Waals surface area contributed by atoms with Gasteiger partial charge in [0.1, 0.15) is 0 Å². The van der Waals surface area contributed by atoms with E-state index in [2.05, 4.69) is 6.92 Å². The molecule has 2 saturated heterocycles. The predicted octanol–water partition coefficient (Wildman–Crippen LogP) is 5.25. The summed E-state index contributed by atoms with van der Waals surface area (Å²) in [6, 6.07) is 7.81. The van der Waals surface area contributed by atoms with Gasteiger partial charge in [-0.2, -0.15) is 8.78 Å². The molecule has 4 heteroatoms. The van der Waals surface area contributed by atoms with Crippen LogP contribution in [0.2, 0.25) is 0 Å². The Hall–Kier alpha value is -1.00. The van der Waals surface area contributed by atoms with Crippen LogP contribution in [-0.2, 0) is 9.47 Å². The van der Waals surface area contributed by atoms with Crippen molar-refractivity contribution in [3.63, 3.8) is 0 Å². The summed E-state index contributed by atoms with van der Waals surface area (Å²) in [6.07, 6.45) is -0.0643. The number of ether oxygens (including phenoxy) is 2. The number of hydrogen-bond donors (Lipinski definition) is 0. The number of hydrogen-bond acceptors (Lipinski definition) is 2. The Morgan fingerprint density at radius 3 is 2.05 bits per heavy atom. The lowest BCUT2D eigenvalue weighted by Gasteiger charge is -2.34. The third-order valence-electron chi connectivity index (χ3n) is 4.92. The van der Waals surface area contributed by atoms with Crippen molar-refractivity contribution in [2.24, 2.45) is 11.8 Å². The van der Waals surface area contributed by atoms with Gasteiger partial charge in [-0.3, -0.25) is 0 Å².